The van der Waals surface area contributed by atoms with Gasteiger partial charge in [0, 0.05) is 17.3 Å². The molecule has 0 radical (unpaired) electrons. The summed E-state index contributed by atoms with van der Waals surface area (Å²) in [7, 11) is 0. The van der Waals surface area contributed by atoms with Gasteiger partial charge in [0.05, 0.1) is 0 Å². The molecule has 0 aromatic carbocycles. The number of nitrogens with one attached hydrogen (secondary N) is 1. The molecule has 3 unspecified atom stereocenters. The summed E-state index contributed by atoms with van der Waals surface area (Å²) in [6.07, 6.45) is 5.74. The maximum atomic E-state index is 11.8. The molecule has 0 aromatic rings. The number of alkyl halides is 1. The summed E-state index contributed by atoms with van der Waals surface area (Å²) in [5.41, 5.74) is 0. The van der Waals surface area contributed by atoms with Gasteiger partial charge in [0.15, 0.2) is 0 Å². The summed E-state index contributed by atoms with van der Waals surface area (Å²) in [5.74, 6) is 1.06. The minimum atomic E-state index is 0.173. The van der Waals surface area contributed by atoms with Crippen LogP contribution in [0.5, 0.6) is 0 Å². The molecule has 1 saturated carbocycles. The van der Waals surface area contributed by atoms with E-state index >= 15 is 0 Å². The van der Waals surface area contributed by atoms with Crippen LogP contribution in [0.3, 0.4) is 0 Å². The van der Waals surface area contributed by atoms with Crippen molar-refractivity contribution in [3.63, 3.8) is 0 Å². The Morgan fingerprint density at radius 3 is 2.87 bits per heavy atom. The molecule has 0 aromatic heterocycles. The van der Waals surface area contributed by atoms with Crippen molar-refractivity contribution < 1.29 is 4.79 Å². The van der Waals surface area contributed by atoms with Gasteiger partial charge in [0.1, 0.15) is 0 Å². The molecule has 0 bridgehead atoms. The Morgan fingerprint density at radius 2 is 2.27 bits per heavy atom. The molecule has 0 saturated heterocycles. The SMILES string of the molecule is CCCC(C)C(=O)NC1CCCC1CBr. The molecule has 15 heavy (non-hydrogen) atoms. The second-order valence-corrected chi connectivity index (χ2v) is 5.30. The number of carbonyl (C=O) groups is 1. The van der Waals surface area contributed by atoms with Crippen molar-refractivity contribution in [3.05, 3.63) is 0 Å². The predicted molar refractivity (Wildman–Crippen MR) is 67.1 cm³/mol. The highest BCUT2D eigenvalue weighted by atomic mass is 79.9. The smallest absolute Gasteiger partial charge is 0.223 e. The second kappa shape index (κ2) is 6.51. The van der Waals surface area contributed by atoms with E-state index < -0.39 is 0 Å². The lowest BCUT2D eigenvalue weighted by Gasteiger charge is -2.21. The molecule has 3 heteroatoms. The lowest BCUT2D eigenvalue weighted by Crippen LogP contribution is -2.40. The number of hydrogen-bond acceptors (Lipinski definition) is 1. The number of rotatable bonds is 5. The lowest BCUT2D eigenvalue weighted by molar-refractivity contribution is -0.125. The zero-order valence-electron chi connectivity index (χ0n) is 9.76. The molecule has 0 heterocycles. The summed E-state index contributed by atoms with van der Waals surface area (Å²) in [6, 6.07) is 0.413. The maximum absolute atomic E-state index is 11.8. The summed E-state index contributed by atoms with van der Waals surface area (Å²) in [6.45, 7) is 4.15. The van der Waals surface area contributed by atoms with Crippen molar-refractivity contribution in [2.75, 3.05) is 5.33 Å². The van der Waals surface area contributed by atoms with E-state index in [0.29, 0.717) is 12.0 Å². The molecule has 1 aliphatic rings. The zero-order valence-corrected chi connectivity index (χ0v) is 11.3. The zero-order chi connectivity index (χ0) is 11.3. The van der Waals surface area contributed by atoms with E-state index in [0.717, 1.165) is 24.6 Å². The van der Waals surface area contributed by atoms with Gasteiger partial charge in [0.2, 0.25) is 5.91 Å². The quantitative estimate of drug-likeness (QED) is 0.768. The average molecular weight is 276 g/mol. The Bertz CT molecular complexity index is 208. The van der Waals surface area contributed by atoms with Gasteiger partial charge in [-0.2, -0.15) is 0 Å². The molecule has 88 valence electrons. The standard InChI is InChI=1S/C12H22BrNO/c1-3-5-9(2)12(15)14-11-7-4-6-10(11)8-13/h9-11H,3-8H2,1-2H3,(H,14,15). The Hall–Kier alpha value is -0.0500. The van der Waals surface area contributed by atoms with E-state index in [1.165, 1.54) is 12.8 Å². The molecule has 3 atom stereocenters. The van der Waals surface area contributed by atoms with Gasteiger partial charge < -0.3 is 5.32 Å². The van der Waals surface area contributed by atoms with Crippen LogP contribution in [0.15, 0.2) is 0 Å². The van der Waals surface area contributed by atoms with Crippen LogP contribution in [0.1, 0.15) is 46.0 Å². The molecule has 1 rings (SSSR count). The monoisotopic (exact) mass is 275 g/mol. The van der Waals surface area contributed by atoms with Crippen molar-refractivity contribution in [1.82, 2.24) is 5.32 Å². The van der Waals surface area contributed by atoms with Crippen LogP contribution in [-0.2, 0) is 4.79 Å². The number of amides is 1. The third-order valence-electron chi connectivity index (χ3n) is 3.35. The third kappa shape index (κ3) is 3.78. The van der Waals surface area contributed by atoms with Crippen LogP contribution in [0, 0.1) is 11.8 Å². The van der Waals surface area contributed by atoms with Crippen molar-refractivity contribution in [1.29, 1.82) is 0 Å². The van der Waals surface area contributed by atoms with Gasteiger partial charge in [-0.25, -0.2) is 0 Å². The van der Waals surface area contributed by atoms with Crippen LogP contribution in [0.2, 0.25) is 0 Å². The molecule has 1 N–H and O–H groups in total. The van der Waals surface area contributed by atoms with Crippen LogP contribution >= 0.6 is 15.9 Å². The van der Waals surface area contributed by atoms with Crippen LogP contribution < -0.4 is 5.32 Å². The Kier molecular flexibility index (Phi) is 5.65. The maximum Gasteiger partial charge on any atom is 0.223 e. The topological polar surface area (TPSA) is 29.1 Å². The van der Waals surface area contributed by atoms with Gasteiger partial charge >= 0.3 is 0 Å². The average Bonchev–Trinajstić information content (AvgIpc) is 2.65. The molecule has 0 spiro atoms. The molecule has 1 fully saturated rings. The molecular weight excluding hydrogens is 254 g/mol. The molecule has 0 aliphatic heterocycles. The van der Waals surface area contributed by atoms with Gasteiger partial charge in [-0.1, -0.05) is 42.6 Å². The first-order valence-corrected chi connectivity index (χ1v) is 7.17. The van der Waals surface area contributed by atoms with Crippen LogP contribution in [0.25, 0.3) is 0 Å². The summed E-state index contributed by atoms with van der Waals surface area (Å²) in [5, 5.41) is 4.21. The van der Waals surface area contributed by atoms with Crippen molar-refractivity contribution in [2.24, 2.45) is 11.8 Å². The molecule has 1 aliphatic carbocycles. The first kappa shape index (κ1) is 13.0. The van der Waals surface area contributed by atoms with Gasteiger partial charge in [-0.05, 0) is 25.2 Å². The largest absolute Gasteiger partial charge is 0.353 e. The Balaban J connectivity index is 2.36. The van der Waals surface area contributed by atoms with Crippen molar-refractivity contribution in [2.45, 2.75) is 52.0 Å². The predicted octanol–water partition coefficient (Wildman–Crippen LogP) is 3.10. The first-order chi connectivity index (χ1) is 7.19. The fraction of sp³-hybridized carbons (Fsp3) is 0.917. The third-order valence-corrected chi connectivity index (χ3v) is 4.19. The van der Waals surface area contributed by atoms with E-state index in [2.05, 4.69) is 28.2 Å². The normalized spacial score (nSPS) is 27.7. The Labute approximate surface area is 101 Å². The fourth-order valence-electron chi connectivity index (χ4n) is 2.30. The fourth-order valence-corrected chi connectivity index (χ4v) is 3.08. The van der Waals surface area contributed by atoms with E-state index in [-0.39, 0.29) is 11.8 Å². The Morgan fingerprint density at radius 1 is 1.53 bits per heavy atom. The van der Waals surface area contributed by atoms with Gasteiger partial charge in [-0.3, -0.25) is 4.79 Å². The summed E-state index contributed by atoms with van der Waals surface area (Å²) >= 11 is 3.52. The lowest BCUT2D eigenvalue weighted by atomic mass is 10.0. The van der Waals surface area contributed by atoms with E-state index in [1.807, 2.05) is 6.92 Å². The highest BCUT2D eigenvalue weighted by Crippen LogP contribution is 2.27. The van der Waals surface area contributed by atoms with Gasteiger partial charge in [-0.15, -0.1) is 0 Å². The van der Waals surface area contributed by atoms with E-state index in [9.17, 15) is 4.79 Å². The first-order valence-electron chi connectivity index (χ1n) is 6.05. The van der Waals surface area contributed by atoms with Crippen LogP contribution in [0.4, 0.5) is 0 Å². The minimum absolute atomic E-state index is 0.173. The number of carbonyl (C=O) groups excluding carboxylic acids is 1. The number of halogens is 1. The van der Waals surface area contributed by atoms with Gasteiger partial charge in [0.25, 0.3) is 0 Å². The highest BCUT2D eigenvalue weighted by molar-refractivity contribution is 9.09. The molecule has 2 nitrogen and oxygen atoms in total. The van der Waals surface area contributed by atoms with Crippen LogP contribution in [-0.4, -0.2) is 17.3 Å². The number of hydrogen-bond donors (Lipinski definition) is 1. The highest BCUT2D eigenvalue weighted by Gasteiger charge is 2.28. The van der Waals surface area contributed by atoms with E-state index in [4.69, 9.17) is 0 Å². The minimum Gasteiger partial charge on any atom is -0.353 e. The van der Waals surface area contributed by atoms with Crippen molar-refractivity contribution in [3.8, 4) is 0 Å². The van der Waals surface area contributed by atoms with Crippen molar-refractivity contribution >= 4 is 21.8 Å². The molecule has 1 amide bonds. The summed E-state index contributed by atoms with van der Waals surface area (Å²) in [4.78, 5) is 11.8. The second-order valence-electron chi connectivity index (χ2n) is 4.65. The summed E-state index contributed by atoms with van der Waals surface area (Å²) < 4.78 is 0. The molecular formula is C12H22BrNO. The van der Waals surface area contributed by atoms with E-state index in [1.54, 1.807) is 0 Å².